The Balaban J connectivity index is 4.52. The predicted octanol–water partition coefficient (Wildman–Crippen LogP) is 17.8. The number of carbonyl (C=O) groups excluding carboxylic acids is 3. The molecule has 0 amide bonds. The van der Waals surface area contributed by atoms with Gasteiger partial charge in [-0.25, -0.2) is 0 Å². The van der Waals surface area contributed by atoms with Crippen molar-refractivity contribution in [2.45, 2.75) is 245 Å². The summed E-state index contributed by atoms with van der Waals surface area (Å²) in [5.74, 6) is -0.990. The fourth-order valence-corrected chi connectivity index (χ4v) is 7.02. The number of carbonyl (C=O) groups is 3. The standard InChI is InChI=1S/C59H98O6/c1-4-7-10-13-16-19-22-25-28-30-32-34-37-40-43-46-49-52-58(61)64-55-56(54-63-57(60)51-48-45-42-39-36-33-27-24-21-18-15-12-9-6-3)65-59(62)53-50-47-44-41-38-35-31-29-26-23-20-17-14-11-8-5-2/h7,10,15-16,18-19,24-25,27-29,31-32,34,40,43,56H,4-6,8-9,11-14,17,20-23,26,30,33,35-39,41-42,44-55H2,1-3H3/b10-7-,18-15-,19-16-,27-24-,28-25-,31-29-,34-32-,43-40-. The third-order valence-corrected chi connectivity index (χ3v) is 11.0. The number of hydrogen-bond donors (Lipinski definition) is 0. The van der Waals surface area contributed by atoms with Crippen molar-refractivity contribution in [3.05, 3.63) is 97.2 Å². The molecule has 370 valence electrons. The van der Waals surface area contributed by atoms with Gasteiger partial charge in [0.15, 0.2) is 6.10 Å². The highest BCUT2D eigenvalue weighted by Gasteiger charge is 2.19. The Morgan fingerprint density at radius 2 is 0.631 bits per heavy atom. The molecule has 0 saturated carbocycles. The van der Waals surface area contributed by atoms with Gasteiger partial charge in [0, 0.05) is 19.3 Å². The van der Waals surface area contributed by atoms with E-state index in [4.69, 9.17) is 14.2 Å². The van der Waals surface area contributed by atoms with Gasteiger partial charge in [-0.2, -0.15) is 0 Å². The van der Waals surface area contributed by atoms with E-state index in [2.05, 4.69) is 118 Å². The van der Waals surface area contributed by atoms with Crippen LogP contribution in [-0.4, -0.2) is 37.2 Å². The average molecular weight is 903 g/mol. The molecule has 0 aliphatic heterocycles. The molecule has 0 rings (SSSR count). The highest BCUT2D eigenvalue weighted by atomic mass is 16.6. The zero-order valence-electron chi connectivity index (χ0n) is 42.2. The van der Waals surface area contributed by atoms with E-state index < -0.39 is 6.10 Å². The van der Waals surface area contributed by atoms with Crippen molar-refractivity contribution in [3.63, 3.8) is 0 Å². The normalized spacial score (nSPS) is 12.8. The molecule has 0 radical (unpaired) electrons. The second-order valence-electron chi connectivity index (χ2n) is 17.4. The fourth-order valence-electron chi connectivity index (χ4n) is 7.02. The Morgan fingerprint density at radius 3 is 1.06 bits per heavy atom. The van der Waals surface area contributed by atoms with Crippen molar-refractivity contribution >= 4 is 17.9 Å². The average Bonchev–Trinajstić information content (AvgIpc) is 3.30. The summed E-state index contributed by atoms with van der Waals surface area (Å²) in [5.41, 5.74) is 0. The summed E-state index contributed by atoms with van der Waals surface area (Å²) in [5, 5.41) is 0. The summed E-state index contributed by atoms with van der Waals surface area (Å²) in [7, 11) is 0. The number of esters is 3. The molecule has 0 spiro atoms. The van der Waals surface area contributed by atoms with Gasteiger partial charge < -0.3 is 14.2 Å². The van der Waals surface area contributed by atoms with E-state index in [1.165, 1.54) is 77.0 Å². The molecule has 0 saturated heterocycles. The molecule has 0 aliphatic carbocycles. The topological polar surface area (TPSA) is 78.9 Å². The van der Waals surface area contributed by atoms with Crippen LogP contribution in [0.3, 0.4) is 0 Å². The fraction of sp³-hybridized carbons (Fsp3) is 0.678. The first-order valence-electron chi connectivity index (χ1n) is 26.7. The number of allylic oxidation sites excluding steroid dienone is 16. The van der Waals surface area contributed by atoms with Crippen LogP contribution in [-0.2, 0) is 28.6 Å². The summed E-state index contributed by atoms with van der Waals surface area (Å²) in [6.45, 7) is 6.41. The molecule has 0 fully saturated rings. The van der Waals surface area contributed by atoms with Crippen molar-refractivity contribution < 1.29 is 28.6 Å². The van der Waals surface area contributed by atoms with Crippen LogP contribution in [0.5, 0.6) is 0 Å². The maximum absolute atomic E-state index is 12.8. The van der Waals surface area contributed by atoms with Gasteiger partial charge in [-0.3, -0.25) is 14.4 Å². The van der Waals surface area contributed by atoms with Crippen LogP contribution in [0.15, 0.2) is 97.2 Å². The van der Waals surface area contributed by atoms with E-state index in [9.17, 15) is 14.4 Å². The lowest BCUT2D eigenvalue weighted by Gasteiger charge is -2.18. The van der Waals surface area contributed by atoms with E-state index in [-0.39, 0.29) is 37.5 Å². The molecular formula is C59H98O6. The first-order valence-corrected chi connectivity index (χ1v) is 26.7. The van der Waals surface area contributed by atoms with Crippen LogP contribution in [0, 0.1) is 0 Å². The van der Waals surface area contributed by atoms with Gasteiger partial charge in [0.25, 0.3) is 0 Å². The van der Waals surface area contributed by atoms with Crippen LogP contribution in [0.4, 0.5) is 0 Å². The molecule has 6 heteroatoms. The lowest BCUT2D eigenvalue weighted by molar-refractivity contribution is -0.167. The summed E-state index contributed by atoms with van der Waals surface area (Å²) < 4.78 is 16.8. The summed E-state index contributed by atoms with van der Waals surface area (Å²) in [6, 6.07) is 0. The van der Waals surface area contributed by atoms with Gasteiger partial charge in [0.05, 0.1) is 0 Å². The third kappa shape index (κ3) is 51.2. The van der Waals surface area contributed by atoms with Crippen molar-refractivity contribution in [2.75, 3.05) is 13.2 Å². The molecule has 0 heterocycles. The molecular weight excluding hydrogens is 805 g/mol. The van der Waals surface area contributed by atoms with Gasteiger partial charge >= 0.3 is 17.9 Å². The van der Waals surface area contributed by atoms with Gasteiger partial charge in [0.2, 0.25) is 0 Å². The minimum absolute atomic E-state index is 0.107. The predicted molar refractivity (Wildman–Crippen MR) is 279 cm³/mol. The minimum Gasteiger partial charge on any atom is -0.462 e. The van der Waals surface area contributed by atoms with Crippen LogP contribution >= 0.6 is 0 Å². The maximum Gasteiger partial charge on any atom is 0.306 e. The van der Waals surface area contributed by atoms with Crippen molar-refractivity contribution in [3.8, 4) is 0 Å². The minimum atomic E-state index is -0.811. The number of ether oxygens (including phenoxy) is 3. The first-order chi connectivity index (χ1) is 32.0. The molecule has 0 aromatic rings. The maximum atomic E-state index is 12.8. The Hall–Kier alpha value is -3.67. The molecule has 1 atom stereocenters. The Bertz CT molecular complexity index is 1310. The first kappa shape index (κ1) is 61.3. The van der Waals surface area contributed by atoms with Crippen LogP contribution in [0.1, 0.15) is 239 Å². The second kappa shape index (κ2) is 52.9. The molecule has 0 aromatic carbocycles. The summed E-state index contributed by atoms with van der Waals surface area (Å²) >= 11 is 0. The van der Waals surface area contributed by atoms with E-state index in [0.717, 1.165) is 116 Å². The summed E-state index contributed by atoms with van der Waals surface area (Å²) in [4.78, 5) is 38.0. The van der Waals surface area contributed by atoms with Gasteiger partial charge in [-0.1, -0.05) is 208 Å². The zero-order chi connectivity index (χ0) is 47.2. The molecule has 65 heavy (non-hydrogen) atoms. The van der Waals surface area contributed by atoms with Crippen molar-refractivity contribution in [1.29, 1.82) is 0 Å². The number of unbranched alkanes of at least 4 members (excludes halogenated alkanes) is 20. The monoisotopic (exact) mass is 903 g/mol. The van der Waals surface area contributed by atoms with Gasteiger partial charge in [-0.15, -0.1) is 0 Å². The van der Waals surface area contributed by atoms with Gasteiger partial charge in [0.1, 0.15) is 13.2 Å². The van der Waals surface area contributed by atoms with Crippen LogP contribution < -0.4 is 0 Å². The third-order valence-electron chi connectivity index (χ3n) is 11.0. The highest BCUT2D eigenvalue weighted by Crippen LogP contribution is 2.13. The number of rotatable bonds is 47. The Kier molecular flexibility index (Phi) is 50.0. The Labute approximate surface area is 400 Å². The molecule has 6 nitrogen and oxygen atoms in total. The van der Waals surface area contributed by atoms with E-state index >= 15 is 0 Å². The molecule has 0 N–H and O–H groups in total. The van der Waals surface area contributed by atoms with Crippen molar-refractivity contribution in [1.82, 2.24) is 0 Å². The molecule has 0 aliphatic rings. The quantitative estimate of drug-likeness (QED) is 0.0262. The summed E-state index contributed by atoms with van der Waals surface area (Å²) in [6.07, 6.45) is 69.6. The largest absolute Gasteiger partial charge is 0.462 e. The lowest BCUT2D eigenvalue weighted by Crippen LogP contribution is -2.30. The smallest absolute Gasteiger partial charge is 0.306 e. The van der Waals surface area contributed by atoms with Gasteiger partial charge in [-0.05, 0) is 109 Å². The number of hydrogen-bond acceptors (Lipinski definition) is 6. The Morgan fingerprint density at radius 1 is 0.323 bits per heavy atom. The van der Waals surface area contributed by atoms with Crippen molar-refractivity contribution in [2.24, 2.45) is 0 Å². The molecule has 0 bridgehead atoms. The van der Waals surface area contributed by atoms with E-state index in [0.29, 0.717) is 19.3 Å². The SMILES string of the molecule is CC/C=C\C/C=C\C/C=C\C/C=C\C/C=C\CCCC(=O)OCC(COC(=O)CCCCCCC/C=C\C/C=C\CCCC)OC(=O)CCCCCCC/C=C\CCCCCCCCC. The lowest BCUT2D eigenvalue weighted by atomic mass is 10.1. The molecule has 1 unspecified atom stereocenters. The highest BCUT2D eigenvalue weighted by molar-refractivity contribution is 5.71. The van der Waals surface area contributed by atoms with Crippen LogP contribution in [0.2, 0.25) is 0 Å². The second-order valence-corrected chi connectivity index (χ2v) is 17.4. The zero-order valence-corrected chi connectivity index (χ0v) is 42.2. The molecule has 0 aromatic heterocycles. The van der Waals surface area contributed by atoms with Crippen LogP contribution in [0.25, 0.3) is 0 Å². The van der Waals surface area contributed by atoms with E-state index in [1.807, 2.05) is 0 Å². The van der Waals surface area contributed by atoms with E-state index in [1.54, 1.807) is 0 Å².